The molecule has 0 saturated heterocycles. The highest BCUT2D eigenvalue weighted by atomic mass is 16.5. The van der Waals surface area contributed by atoms with Gasteiger partial charge in [0.05, 0.1) is 0 Å². The second-order valence-corrected chi connectivity index (χ2v) is 5.00. The minimum absolute atomic E-state index is 0.133. The highest BCUT2D eigenvalue weighted by molar-refractivity contribution is 5.96. The van der Waals surface area contributed by atoms with Crippen LogP contribution < -0.4 is 15.4 Å². The van der Waals surface area contributed by atoms with E-state index >= 15 is 0 Å². The number of carbonyl (C=O) groups excluding carboxylic acids is 2. The zero-order chi connectivity index (χ0) is 16.7. The van der Waals surface area contributed by atoms with Gasteiger partial charge in [0.25, 0.3) is 11.8 Å². The first kappa shape index (κ1) is 16.5. The minimum atomic E-state index is -0.625. The molecule has 0 aliphatic carbocycles. The first-order valence-corrected chi connectivity index (χ1v) is 7.51. The summed E-state index contributed by atoms with van der Waals surface area (Å²) < 4.78 is 5.57. The molecule has 2 amide bonds. The molecule has 0 aliphatic heterocycles. The van der Waals surface area contributed by atoms with Gasteiger partial charge in [0.15, 0.2) is 6.10 Å². The number of amides is 2. The third-order valence-electron chi connectivity index (χ3n) is 3.18. The van der Waals surface area contributed by atoms with Crippen molar-refractivity contribution in [1.29, 1.82) is 0 Å². The SMILES string of the molecule is CCNC(=O)c1ccc(NC(=O)C(C)Oc2ccccc2)cc1. The van der Waals surface area contributed by atoms with Crippen LogP contribution in [0.1, 0.15) is 24.2 Å². The van der Waals surface area contributed by atoms with Gasteiger partial charge in [-0.05, 0) is 50.2 Å². The van der Waals surface area contributed by atoms with Crippen LogP contribution in [0.3, 0.4) is 0 Å². The molecule has 5 nitrogen and oxygen atoms in total. The maximum atomic E-state index is 12.1. The van der Waals surface area contributed by atoms with Crippen LogP contribution in [0.2, 0.25) is 0 Å². The summed E-state index contributed by atoms with van der Waals surface area (Å²) in [4.78, 5) is 23.8. The van der Waals surface area contributed by atoms with Gasteiger partial charge in [-0.1, -0.05) is 18.2 Å². The van der Waals surface area contributed by atoms with Crippen molar-refractivity contribution in [2.45, 2.75) is 20.0 Å². The number of anilines is 1. The van der Waals surface area contributed by atoms with E-state index in [1.54, 1.807) is 43.3 Å². The molecule has 0 radical (unpaired) electrons. The molecular formula is C18H20N2O3. The second kappa shape index (κ2) is 7.98. The number of para-hydroxylation sites is 1. The van der Waals surface area contributed by atoms with Crippen molar-refractivity contribution >= 4 is 17.5 Å². The molecule has 2 aromatic carbocycles. The molecule has 2 N–H and O–H groups in total. The van der Waals surface area contributed by atoms with E-state index in [-0.39, 0.29) is 11.8 Å². The molecule has 0 aromatic heterocycles. The summed E-state index contributed by atoms with van der Waals surface area (Å²) in [6.07, 6.45) is -0.625. The number of nitrogens with one attached hydrogen (secondary N) is 2. The average molecular weight is 312 g/mol. The van der Waals surface area contributed by atoms with E-state index in [9.17, 15) is 9.59 Å². The Morgan fingerprint density at radius 2 is 1.70 bits per heavy atom. The Balaban J connectivity index is 1.93. The Labute approximate surface area is 135 Å². The number of rotatable bonds is 6. The summed E-state index contributed by atoms with van der Waals surface area (Å²) >= 11 is 0. The van der Waals surface area contributed by atoms with Gasteiger partial charge in [0.1, 0.15) is 5.75 Å². The molecule has 0 spiro atoms. The highest BCUT2D eigenvalue weighted by Crippen LogP contribution is 2.13. The van der Waals surface area contributed by atoms with E-state index < -0.39 is 6.10 Å². The van der Waals surface area contributed by atoms with E-state index in [0.717, 1.165) is 0 Å². The van der Waals surface area contributed by atoms with E-state index in [4.69, 9.17) is 4.74 Å². The van der Waals surface area contributed by atoms with Crippen molar-refractivity contribution in [3.05, 3.63) is 60.2 Å². The molecule has 0 heterocycles. The maximum absolute atomic E-state index is 12.1. The van der Waals surface area contributed by atoms with Crippen LogP contribution in [-0.4, -0.2) is 24.5 Å². The Morgan fingerprint density at radius 3 is 2.30 bits per heavy atom. The maximum Gasteiger partial charge on any atom is 0.265 e. The summed E-state index contributed by atoms with van der Waals surface area (Å²) in [6.45, 7) is 4.12. The van der Waals surface area contributed by atoms with Crippen molar-refractivity contribution in [3.63, 3.8) is 0 Å². The van der Waals surface area contributed by atoms with E-state index in [1.165, 1.54) is 0 Å². The van der Waals surface area contributed by atoms with Crippen LogP contribution >= 0.6 is 0 Å². The van der Waals surface area contributed by atoms with Crippen LogP contribution in [-0.2, 0) is 4.79 Å². The van der Waals surface area contributed by atoms with Gasteiger partial charge in [0, 0.05) is 17.8 Å². The van der Waals surface area contributed by atoms with Crippen LogP contribution in [0.25, 0.3) is 0 Å². The molecule has 2 aromatic rings. The summed E-state index contributed by atoms with van der Waals surface area (Å²) in [5, 5.41) is 5.49. The smallest absolute Gasteiger partial charge is 0.265 e. The predicted molar refractivity (Wildman–Crippen MR) is 89.6 cm³/mol. The second-order valence-electron chi connectivity index (χ2n) is 5.00. The monoisotopic (exact) mass is 312 g/mol. The Morgan fingerprint density at radius 1 is 1.04 bits per heavy atom. The topological polar surface area (TPSA) is 67.4 Å². The molecule has 0 aliphatic rings. The third kappa shape index (κ3) is 4.85. The van der Waals surface area contributed by atoms with Gasteiger partial charge in [-0.15, -0.1) is 0 Å². The molecule has 1 atom stereocenters. The number of hydrogen-bond acceptors (Lipinski definition) is 3. The van der Waals surface area contributed by atoms with Crippen molar-refractivity contribution in [3.8, 4) is 5.75 Å². The van der Waals surface area contributed by atoms with Crippen LogP contribution in [0.4, 0.5) is 5.69 Å². The lowest BCUT2D eigenvalue weighted by Crippen LogP contribution is -2.30. The lowest BCUT2D eigenvalue weighted by Gasteiger charge is -2.14. The lowest BCUT2D eigenvalue weighted by molar-refractivity contribution is -0.122. The van der Waals surface area contributed by atoms with Crippen molar-refractivity contribution in [1.82, 2.24) is 5.32 Å². The normalized spacial score (nSPS) is 11.4. The molecule has 0 fully saturated rings. The number of hydrogen-bond donors (Lipinski definition) is 2. The zero-order valence-electron chi connectivity index (χ0n) is 13.2. The van der Waals surface area contributed by atoms with Crippen molar-refractivity contribution in [2.75, 3.05) is 11.9 Å². The predicted octanol–water partition coefficient (Wildman–Crippen LogP) is 2.84. The van der Waals surface area contributed by atoms with Gasteiger partial charge in [-0.25, -0.2) is 0 Å². The molecule has 23 heavy (non-hydrogen) atoms. The Kier molecular flexibility index (Phi) is 5.74. The van der Waals surface area contributed by atoms with Gasteiger partial charge < -0.3 is 15.4 Å². The first-order valence-electron chi connectivity index (χ1n) is 7.51. The lowest BCUT2D eigenvalue weighted by atomic mass is 10.2. The number of carbonyl (C=O) groups is 2. The quantitative estimate of drug-likeness (QED) is 0.862. The number of benzene rings is 2. The van der Waals surface area contributed by atoms with Crippen LogP contribution in [0, 0.1) is 0 Å². The van der Waals surface area contributed by atoms with Gasteiger partial charge in [-0.2, -0.15) is 0 Å². The summed E-state index contributed by atoms with van der Waals surface area (Å²) in [5.41, 5.74) is 1.17. The summed E-state index contributed by atoms with van der Waals surface area (Å²) in [5.74, 6) is 0.257. The zero-order valence-corrected chi connectivity index (χ0v) is 13.2. The fourth-order valence-corrected chi connectivity index (χ4v) is 1.97. The highest BCUT2D eigenvalue weighted by Gasteiger charge is 2.15. The van der Waals surface area contributed by atoms with Gasteiger partial charge in [-0.3, -0.25) is 9.59 Å². The standard InChI is InChI=1S/C18H20N2O3/c1-3-19-18(22)14-9-11-15(12-10-14)20-17(21)13(2)23-16-7-5-4-6-8-16/h4-13H,3H2,1-2H3,(H,19,22)(H,20,21). The third-order valence-corrected chi connectivity index (χ3v) is 3.18. The fourth-order valence-electron chi connectivity index (χ4n) is 1.97. The van der Waals surface area contributed by atoms with Crippen molar-refractivity contribution in [2.24, 2.45) is 0 Å². The van der Waals surface area contributed by atoms with E-state index in [1.807, 2.05) is 25.1 Å². The first-order chi connectivity index (χ1) is 11.1. The van der Waals surface area contributed by atoms with E-state index in [2.05, 4.69) is 10.6 Å². The van der Waals surface area contributed by atoms with Gasteiger partial charge >= 0.3 is 0 Å². The Bertz CT molecular complexity index is 654. The molecule has 1 unspecified atom stereocenters. The van der Waals surface area contributed by atoms with Crippen LogP contribution in [0.5, 0.6) is 5.75 Å². The minimum Gasteiger partial charge on any atom is -0.481 e. The largest absolute Gasteiger partial charge is 0.481 e. The summed E-state index contributed by atoms with van der Waals surface area (Å²) in [7, 11) is 0. The van der Waals surface area contributed by atoms with Gasteiger partial charge in [0.2, 0.25) is 0 Å². The molecule has 2 rings (SSSR count). The number of ether oxygens (including phenoxy) is 1. The summed E-state index contributed by atoms with van der Waals surface area (Å²) in [6, 6.07) is 15.9. The Hall–Kier alpha value is -2.82. The molecular weight excluding hydrogens is 292 g/mol. The molecule has 0 bridgehead atoms. The average Bonchev–Trinajstić information content (AvgIpc) is 2.56. The molecule has 5 heteroatoms. The fraction of sp³-hybridized carbons (Fsp3) is 0.222. The van der Waals surface area contributed by atoms with Crippen molar-refractivity contribution < 1.29 is 14.3 Å². The molecule has 0 saturated carbocycles. The van der Waals surface area contributed by atoms with E-state index in [0.29, 0.717) is 23.5 Å². The molecule has 120 valence electrons. The van der Waals surface area contributed by atoms with Crippen LogP contribution in [0.15, 0.2) is 54.6 Å².